The molecule has 2 bridgehead atoms. The maximum Gasteiger partial charge on any atom is 0.136 e. The van der Waals surface area contributed by atoms with Crippen LogP contribution in [0.5, 0.6) is 0 Å². The van der Waals surface area contributed by atoms with Crippen LogP contribution in [0.15, 0.2) is 11.6 Å². The fourth-order valence-corrected chi connectivity index (χ4v) is 2.50. The van der Waals surface area contributed by atoms with Crippen LogP contribution in [0.1, 0.15) is 33.1 Å². The molecule has 12 heavy (non-hydrogen) atoms. The monoisotopic (exact) mass is 164 g/mol. The number of hydrogen-bond donors (Lipinski definition) is 0. The summed E-state index contributed by atoms with van der Waals surface area (Å²) in [5.41, 5.74) is 1.45. The molecule has 3 atom stereocenters. The fraction of sp³-hybridized carbons (Fsp3) is 0.727. The van der Waals surface area contributed by atoms with Crippen molar-refractivity contribution in [3.05, 3.63) is 11.6 Å². The smallest absolute Gasteiger partial charge is 0.136 e. The molecular weight excluding hydrogens is 148 g/mol. The molecule has 0 aromatic carbocycles. The van der Waals surface area contributed by atoms with E-state index in [1.54, 1.807) is 0 Å². The summed E-state index contributed by atoms with van der Waals surface area (Å²) in [6.45, 7) is 4.27. The Labute approximate surface area is 73.8 Å². The minimum Gasteiger partial charge on any atom is -0.299 e. The van der Waals surface area contributed by atoms with Gasteiger partial charge in [-0.25, -0.2) is 0 Å². The first-order valence-corrected chi connectivity index (χ1v) is 4.88. The molecule has 2 rings (SSSR count). The Morgan fingerprint density at radius 1 is 1.50 bits per heavy atom. The number of carbonyl (C=O) groups is 1. The predicted octanol–water partition coefficient (Wildman–Crippen LogP) is 2.57. The molecule has 66 valence electrons. The van der Waals surface area contributed by atoms with Gasteiger partial charge in [0.2, 0.25) is 0 Å². The van der Waals surface area contributed by atoms with Crippen molar-refractivity contribution >= 4 is 5.78 Å². The van der Waals surface area contributed by atoms with Crippen molar-refractivity contribution in [2.45, 2.75) is 33.1 Å². The molecule has 0 spiro atoms. The van der Waals surface area contributed by atoms with E-state index in [-0.39, 0.29) is 0 Å². The Balaban J connectivity index is 2.24. The van der Waals surface area contributed by atoms with Gasteiger partial charge < -0.3 is 0 Å². The van der Waals surface area contributed by atoms with Gasteiger partial charge in [-0.15, -0.1) is 0 Å². The number of ketones is 1. The van der Waals surface area contributed by atoms with Crippen LogP contribution in [0.4, 0.5) is 0 Å². The van der Waals surface area contributed by atoms with Crippen molar-refractivity contribution in [1.29, 1.82) is 0 Å². The van der Waals surface area contributed by atoms with Crippen LogP contribution in [0.2, 0.25) is 0 Å². The van der Waals surface area contributed by atoms with Crippen molar-refractivity contribution in [1.82, 2.24) is 0 Å². The summed E-state index contributed by atoms with van der Waals surface area (Å²) in [5, 5.41) is 0. The number of allylic oxidation sites excluding steroid dienone is 2. The molecule has 3 unspecified atom stereocenters. The summed E-state index contributed by atoms with van der Waals surface area (Å²) in [6, 6.07) is 0. The summed E-state index contributed by atoms with van der Waals surface area (Å²) >= 11 is 0. The third-order valence-corrected chi connectivity index (χ3v) is 3.64. The van der Waals surface area contributed by atoms with E-state index in [4.69, 9.17) is 0 Å². The van der Waals surface area contributed by atoms with E-state index < -0.39 is 0 Å². The van der Waals surface area contributed by atoms with Crippen LogP contribution >= 0.6 is 0 Å². The van der Waals surface area contributed by atoms with Crippen molar-refractivity contribution in [3.63, 3.8) is 0 Å². The Hall–Kier alpha value is -0.590. The molecule has 0 amide bonds. The van der Waals surface area contributed by atoms with E-state index in [0.29, 0.717) is 23.5 Å². The highest BCUT2D eigenvalue weighted by Gasteiger charge is 2.35. The summed E-state index contributed by atoms with van der Waals surface area (Å²) in [7, 11) is 0. The first-order chi connectivity index (χ1) is 5.68. The Morgan fingerprint density at radius 2 is 2.25 bits per heavy atom. The van der Waals surface area contributed by atoms with Gasteiger partial charge in [-0.05, 0) is 31.6 Å². The first kappa shape index (κ1) is 8.03. The van der Waals surface area contributed by atoms with E-state index in [1.807, 2.05) is 0 Å². The molecule has 1 nitrogen and oxygen atoms in total. The Kier molecular flexibility index (Phi) is 1.82. The predicted molar refractivity (Wildman–Crippen MR) is 48.8 cm³/mol. The van der Waals surface area contributed by atoms with Gasteiger partial charge in [0.05, 0.1) is 0 Å². The van der Waals surface area contributed by atoms with Gasteiger partial charge in [-0.1, -0.05) is 18.6 Å². The lowest BCUT2D eigenvalue weighted by Gasteiger charge is -2.36. The average Bonchev–Trinajstić information content (AvgIpc) is 2.06. The normalized spacial score (nSPS) is 41.0. The highest BCUT2D eigenvalue weighted by molar-refractivity contribution is 5.82. The fourth-order valence-electron chi connectivity index (χ4n) is 2.50. The first-order valence-electron chi connectivity index (χ1n) is 4.88. The molecule has 1 heteroatoms. The molecule has 0 N–H and O–H groups in total. The molecule has 0 aromatic heterocycles. The van der Waals surface area contributed by atoms with E-state index in [1.165, 1.54) is 12.0 Å². The Bertz CT molecular complexity index is 239. The lowest BCUT2D eigenvalue weighted by molar-refractivity contribution is -0.127. The van der Waals surface area contributed by atoms with Crippen molar-refractivity contribution in [2.75, 3.05) is 0 Å². The van der Waals surface area contributed by atoms with Gasteiger partial charge in [-0.2, -0.15) is 0 Å². The molecule has 0 aliphatic heterocycles. The maximum atomic E-state index is 11.5. The number of carbonyl (C=O) groups excluding carboxylic acids is 1. The third-order valence-electron chi connectivity index (χ3n) is 3.64. The largest absolute Gasteiger partial charge is 0.299 e. The van der Waals surface area contributed by atoms with Crippen LogP contribution in [0.25, 0.3) is 0 Å². The van der Waals surface area contributed by atoms with Crippen LogP contribution in [-0.4, -0.2) is 5.78 Å². The van der Waals surface area contributed by atoms with E-state index in [0.717, 1.165) is 12.8 Å². The summed E-state index contributed by atoms with van der Waals surface area (Å²) in [6.07, 6.45) is 5.53. The molecule has 2 aliphatic rings. The zero-order valence-corrected chi connectivity index (χ0v) is 7.84. The summed E-state index contributed by atoms with van der Waals surface area (Å²) in [4.78, 5) is 11.5. The SMILES string of the molecule is CC1=CCC2CC1CC(=O)C2C. The second-order valence-corrected chi connectivity index (χ2v) is 4.34. The second-order valence-electron chi connectivity index (χ2n) is 4.34. The van der Waals surface area contributed by atoms with Crippen LogP contribution in [-0.2, 0) is 4.79 Å². The summed E-state index contributed by atoms with van der Waals surface area (Å²) in [5.74, 6) is 2.06. The van der Waals surface area contributed by atoms with Crippen molar-refractivity contribution < 1.29 is 4.79 Å². The van der Waals surface area contributed by atoms with Gasteiger partial charge in [0.15, 0.2) is 0 Å². The lowest BCUT2D eigenvalue weighted by atomic mass is 9.67. The number of fused-ring (bicyclic) bond motifs is 2. The average molecular weight is 164 g/mol. The molecule has 0 heterocycles. The molecule has 0 saturated heterocycles. The molecule has 0 aromatic rings. The summed E-state index contributed by atoms with van der Waals surface area (Å²) < 4.78 is 0. The van der Waals surface area contributed by atoms with Crippen LogP contribution < -0.4 is 0 Å². The van der Waals surface area contributed by atoms with E-state index in [2.05, 4.69) is 19.9 Å². The number of Topliss-reactive ketones (excluding diaryl/α,β-unsaturated/α-hetero) is 1. The van der Waals surface area contributed by atoms with Crippen LogP contribution in [0, 0.1) is 17.8 Å². The highest BCUT2D eigenvalue weighted by atomic mass is 16.1. The minimum atomic E-state index is 0.325. The Morgan fingerprint density at radius 3 is 3.00 bits per heavy atom. The zero-order chi connectivity index (χ0) is 8.72. The van der Waals surface area contributed by atoms with E-state index >= 15 is 0 Å². The van der Waals surface area contributed by atoms with Gasteiger partial charge >= 0.3 is 0 Å². The van der Waals surface area contributed by atoms with Crippen molar-refractivity contribution in [2.24, 2.45) is 17.8 Å². The van der Waals surface area contributed by atoms with Crippen LogP contribution in [0.3, 0.4) is 0 Å². The standard InChI is InChI=1S/C11H16O/c1-7-3-4-9-5-10(7)6-11(12)8(9)2/h3,8-10H,4-6H2,1-2H3. The molecule has 2 aliphatic carbocycles. The lowest BCUT2D eigenvalue weighted by Crippen LogP contribution is -2.33. The topological polar surface area (TPSA) is 17.1 Å². The molecule has 1 fully saturated rings. The van der Waals surface area contributed by atoms with Gasteiger partial charge in [-0.3, -0.25) is 4.79 Å². The van der Waals surface area contributed by atoms with Crippen molar-refractivity contribution in [3.8, 4) is 0 Å². The van der Waals surface area contributed by atoms with Gasteiger partial charge in [0, 0.05) is 12.3 Å². The number of rotatable bonds is 0. The zero-order valence-electron chi connectivity index (χ0n) is 7.84. The highest BCUT2D eigenvalue weighted by Crippen LogP contribution is 2.40. The maximum absolute atomic E-state index is 11.5. The third kappa shape index (κ3) is 1.12. The van der Waals surface area contributed by atoms with E-state index in [9.17, 15) is 4.79 Å². The molecular formula is C11H16O. The van der Waals surface area contributed by atoms with Gasteiger partial charge in [0.1, 0.15) is 5.78 Å². The molecule has 1 saturated carbocycles. The van der Waals surface area contributed by atoms with Gasteiger partial charge in [0.25, 0.3) is 0 Å². The molecule has 0 radical (unpaired) electrons. The minimum absolute atomic E-state index is 0.325. The second kappa shape index (κ2) is 2.72. The quantitative estimate of drug-likeness (QED) is 0.503. The number of hydrogen-bond acceptors (Lipinski definition) is 1.